The Morgan fingerprint density at radius 1 is 1.29 bits per heavy atom. The second kappa shape index (κ2) is 6.36. The Labute approximate surface area is 129 Å². The molecular formula is C14H11BrN2O4. The summed E-state index contributed by atoms with van der Waals surface area (Å²) in [5, 5.41) is 13.4. The monoisotopic (exact) mass is 350 g/mol. The predicted octanol–water partition coefficient (Wildman–Crippen LogP) is 3.62. The van der Waals surface area contributed by atoms with Crippen LogP contribution in [0, 0.1) is 10.1 Å². The zero-order valence-electron chi connectivity index (χ0n) is 11.0. The number of nitrogens with one attached hydrogen (secondary N) is 1. The highest BCUT2D eigenvalue weighted by Crippen LogP contribution is 2.27. The number of hydrogen-bond acceptors (Lipinski definition) is 4. The molecule has 1 amide bonds. The second-order valence-corrected chi connectivity index (χ2v) is 4.93. The van der Waals surface area contributed by atoms with E-state index in [1.807, 2.05) is 0 Å². The van der Waals surface area contributed by atoms with Crippen LogP contribution >= 0.6 is 15.9 Å². The zero-order valence-corrected chi connectivity index (χ0v) is 12.6. The average Bonchev–Trinajstić information content (AvgIpc) is 2.47. The van der Waals surface area contributed by atoms with Crippen molar-refractivity contribution in [1.82, 2.24) is 0 Å². The first-order chi connectivity index (χ1) is 10.0. The molecule has 2 aromatic carbocycles. The molecule has 0 atom stereocenters. The molecule has 0 saturated carbocycles. The highest BCUT2D eigenvalue weighted by molar-refractivity contribution is 9.10. The van der Waals surface area contributed by atoms with Crippen LogP contribution in [-0.4, -0.2) is 17.9 Å². The number of anilines is 1. The standard InChI is InChI=1S/C14H11BrN2O4/c1-21-13-7-6-9(8-10(13)15)14(18)16-11-4-2-3-5-12(11)17(19)20/h2-8H,1H3,(H,16,18). The maximum Gasteiger partial charge on any atom is 0.292 e. The van der Waals surface area contributed by atoms with E-state index >= 15 is 0 Å². The Kier molecular flexibility index (Phi) is 4.54. The van der Waals surface area contributed by atoms with Gasteiger partial charge in [0.1, 0.15) is 11.4 Å². The minimum atomic E-state index is -0.542. The van der Waals surface area contributed by atoms with Crippen LogP contribution in [0.5, 0.6) is 5.75 Å². The number of nitrogens with zero attached hydrogens (tertiary/aromatic N) is 1. The summed E-state index contributed by atoms with van der Waals surface area (Å²) in [6.07, 6.45) is 0. The molecule has 0 aliphatic rings. The fourth-order valence-corrected chi connectivity index (χ4v) is 2.28. The lowest BCUT2D eigenvalue weighted by Gasteiger charge is -2.08. The number of hydrogen-bond donors (Lipinski definition) is 1. The number of benzene rings is 2. The maximum absolute atomic E-state index is 12.1. The lowest BCUT2D eigenvalue weighted by Crippen LogP contribution is -2.13. The normalized spacial score (nSPS) is 10.0. The molecule has 0 aliphatic heterocycles. The Morgan fingerprint density at radius 2 is 2.00 bits per heavy atom. The molecule has 0 radical (unpaired) electrons. The summed E-state index contributed by atoms with van der Waals surface area (Å²) in [5.41, 5.74) is 0.360. The van der Waals surface area contributed by atoms with Gasteiger partial charge in [-0.25, -0.2) is 0 Å². The Morgan fingerprint density at radius 3 is 2.62 bits per heavy atom. The SMILES string of the molecule is COc1ccc(C(=O)Nc2ccccc2[N+](=O)[O-])cc1Br. The van der Waals surface area contributed by atoms with Crippen molar-refractivity contribution in [3.8, 4) is 5.75 Å². The molecule has 0 fully saturated rings. The number of rotatable bonds is 4. The summed E-state index contributed by atoms with van der Waals surface area (Å²) < 4.78 is 5.71. The summed E-state index contributed by atoms with van der Waals surface area (Å²) in [6, 6.07) is 10.8. The van der Waals surface area contributed by atoms with E-state index in [1.54, 1.807) is 24.3 Å². The maximum atomic E-state index is 12.1. The van der Waals surface area contributed by atoms with Crippen LogP contribution in [0.1, 0.15) is 10.4 Å². The summed E-state index contributed by atoms with van der Waals surface area (Å²) in [5.74, 6) is 0.157. The number of methoxy groups -OCH3 is 1. The van der Waals surface area contributed by atoms with Gasteiger partial charge >= 0.3 is 0 Å². The Hall–Kier alpha value is -2.41. The van der Waals surface area contributed by atoms with Gasteiger partial charge < -0.3 is 10.1 Å². The smallest absolute Gasteiger partial charge is 0.292 e. The van der Waals surface area contributed by atoms with E-state index in [0.29, 0.717) is 15.8 Å². The first-order valence-corrected chi connectivity index (χ1v) is 6.70. The van der Waals surface area contributed by atoms with Crippen molar-refractivity contribution in [2.24, 2.45) is 0 Å². The average molecular weight is 351 g/mol. The van der Waals surface area contributed by atoms with E-state index in [4.69, 9.17) is 4.74 Å². The minimum Gasteiger partial charge on any atom is -0.496 e. The highest BCUT2D eigenvalue weighted by Gasteiger charge is 2.16. The first kappa shape index (κ1) is 15.0. The third-order valence-electron chi connectivity index (χ3n) is 2.76. The fourth-order valence-electron chi connectivity index (χ4n) is 1.74. The molecule has 6 nitrogen and oxygen atoms in total. The van der Waals surface area contributed by atoms with Crippen molar-refractivity contribution in [1.29, 1.82) is 0 Å². The number of amides is 1. The molecule has 21 heavy (non-hydrogen) atoms. The zero-order chi connectivity index (χ0) is 15.4. The molecule has 2 aromatic rings. The van der Waals surface area contributed by atoms with E-state index in [1.165, 1.54) is 25.3 Å². The van der Waals surface area contributed by atoms with E-state index in [0.717, 1.165) is 0 Å². The van der Waals surface area contributed by atoms with E-state index < -0.39 is 10.8 Å². The van der Waals surface area contributed by atoms with Crippen molar-refractivity contribution < 1.29 is 14.5 Å². The van der Waals surface area contributed by atoms with Gasteiger partial charge in [0.2, 0.25) is 0 Å². The molecule has 1 N–H and O–H groups in total. The molecule has 7 heteroatoms. The minimum absolute atomic E-state index is 0.152. The summed E-state index contributed by atoms with van der Waals surface area (Å²) in [4.78, 5) is 22.5. The van der Waals surface area contributed by atoms with Crippen LogP contribution in [0.3, 0.4) is 0 Å². The van der Waals surface area contributed by atoms with Gasteiger partial charge in [-0.15, -0.1) is 0 Å². The van der Waals surface area contributed by atoms with Crippen LogP contribution in [-0.2, 0) is 0 Å². The van der Waals surface area contributed by atoms with E-state index in [9.17, 15) is 14.9 Å². The molecule has 0 spiro atoms. The van der Waals surface area contributed by atoms with E-state index in [2.05, 4.69) is 21.2 Å². The third-order valence-corrected chi connectivity index (χ3v) is 3.38. The number of halogens is 1. The molecule has 0 aliphatic carbocycles. The molecule has 0 saturated heterocycles. The second-order valence-electron chi connectivity index (χ2n) is 4.08. The van der Waals surface area contributed by atoms with Gasteiger partial charge in [0.05, 0.1) is 16.5 Å². The molecular weight excluding hydrogens is 340 g/mol. The summed E-state index contributed by atoms with van der Waals surface area (Å²) >= 11 is 3.29. The number of carbonyl (C=O) groups is 1. The molecule has 0 bridgehead atoms. The van der Waals surface area contributed by atoms with Gasteiger partial charge in [0, 0.05) is 11.6 Å². The topological polar surface area (TPSA) is 81.5 Å². The van der Waals surface area contributed by atoms with Crippen LogP contribution in [0.2, 0.25) is 0 Å². The van der Waals surface area contributed by atoms with Gasteiger partial charge in [-0.2, -0.15) is 0 Å². The van der Waals surface area contributed by atoms with Gasteiger partial charge in [0.25, 0.3) is 11.6 Å². The van der Waals surface area contributed by atoms with Crippen molar-refractivity contribution >= 4 is 33.2 Å². The Bertz CT molecular complexity index is 703. The molecule has 108 valence electrons. The Balaban J connectivity index is 2.26. The molecule has 0 unspecified atom stereocenters. The lowest BCUT2D eigenvalue weighted by molar-refractivity contribution is -0.383. The van der Waals surface area contributed by atoms with Gasteiger partial charge in [-0.1, -0.05) is 12.1 Å². The van der Waals surface area contributed by atoms with Crippen LogP contribution < -0.4 is 10.1 Å². The molecule has 0 heterocycles. The van der Waals surface area contributed by atoms with Crippen molar-refractivity contribution in [2.45, 2.75) is 0 Å². The highest BCUT2D eigenvalue weighted by atomic mass is 79.9. The summed E-state index contributed by atoms with van der Waals surface area (Å²) in [7, 11) is 1.52. The predicted molar refractivity (Wildman–Crippen MR) is 81.7 cm³/mol. The lowest BCUT2D eigenvalue weighted by atomic mass is 10.2. The number of nitro benzene ring substituents is 1. The number of para-hydroxylation sites is 2. The van der Waals surface area contributed by atoms with Gasteiger partial charge in [-0.05, 0) is 40.2 Å². The van der Waals surface area contributed by atoms with Crippen LogP contribution in [0.4, 0.5) is 11.4 Å². The van der Waals surface area contributed by atoms with Gasteiger partial charge in [0.15, 0.2) is 0 Å². The molecule has 2 rings (SSSR count). The van der Waals surface area contributed by atoms with E-state index in [-0.39, 0.29) is 11.4 Å². The van der Waals surface area contributed by atoms with Crippen LogP contribution in [0.25, 0.3) is 0 Å². The molecule has 0 aromatic heterocycles. The number of nitro groups is 1. The quantitative estimate of drug-likeness (QED) is 0.674. The van der Waals surface area contributed by atoms with Crippen molar-refractivity contribution in [3.63, 3.8) is 0 Å². The third kappa shape index (κ3) is 3.38. The summed E-state index contributed by atoms with van der Waals surface area (Å²) in [6.45, 7) is 0. The van der Waals surface area contributed by atoms with Crippen molar-refractivity contribution in [3.05, 3.63) is 62.6 Å². The van der Waals surface area contributed by atoms with Gasteiger partial charge in [-0.3, -0.25) is 14.9 Å². The van der Waals surface area contributed by atoms with Crippen LogP contribution in [0.15, 0.2) is 46.9 Å². The fraction of sp³-hybridized carbons (Fsp3) is 0.0714. The number of carbonyl (C=O) groups excluding carboxylic acids is 1. The van der Waals surface area contributed by atoms with Crippen molar-refractivity contribution in [2.75, 3.05) is 12.4 Å². The first-order valence-electron chi connectivity index (χ1n) is 5.91. The largest absolute Gasteiger partial charge is 0.496 e. The number of ether oxygens (including phenoxy) is 1.